The van der Waals surface area contributed by atoms with E-state index in [9.17, 15) is 4.79 Å². The Morgan fingerprint density at radius 3 is 3.00 bits per heavy atom. The number of ether oxygens (including phenoxy) is 1. The third-order valence-electron chi connectivity index (χ3n) is 4.06. The molecule has 1 aliphatic carbocycles. The van der Waals surface area contributed by atoms with Gasteiger partial charge in [0.1, 0.15) is 0 Å². The quantitative estimate of drug-likeness (QED) is 0.711. The van der Waals surface area contributed by atoms with E-state index in [0.717, 1.165) is 28.5 Å². The van der Waals surface area contributed by atoms with Crippen molar-refractivity contribution in [2.45, 2.75) is 37.8 Å². The van der Waals surface area contributed by atoms with Crippen LogP contribution >= 0.6 is 22.6 Å². The standard InChI is InChI=1S/C15H18INO2/c16-12-5-3-4-11(10-12)15(18)17-8-9-19-14-7-2-1-6-13(14)17/h3-5,10,13-14H,1-2,6-9H2/t13-,14+/m0/s1. The van der Waals surface area contributed by atoms with Crippen molar-refractivity contribution in [3.8, 4) is 0 Å². The monoisotopic (exact) mass is 371 g/mol. The molecule has 0 unspecified atom stereocenters. The number of morpholine rings is 1. The van der Waals surface area contributed by atoms with Gasteiger partial charge in [-0.3, -0.25) is 4.79 Å². The first-order chi connectivity index (χ1) is 9.25. The molecule has 3 rings (SSSR count). The van der Waals surface area contributed by atoms with E-state index in [4.69, 9.17) is 4.74 Å². The van der Waals surface area contributed by atoms with Crippen molar-refractivity contribution in [3.63, 3.8) is 0 Å². The second-order valence-corrected chi connectivity index (χ2v) is 6.52. The van der Waals surface area contributed by atoms with Crippen LogP contribution in [-0.2, 0) is 4.74 Å². The molecule has 102 valence electrons. The van der Waals surface area contributed by atoms with E-state index in [2.05, 4.69) is 22.6 Å². The van der Waals surface area contributed by atoms with Crippen LogP contribution in [0.25, 0.3) is 0 Å². The summed E-state index contributed by atoms with van der Waals surface area (Å²) < 4.78 is 6.93. The van der Waals surface area contributed by atoms with Gasteiger partial charge in [-0.25, -0.2) is 0 Å². The van der Waals surface area contributed by atoms with Crippen LogP contribution in [0.2, 0.25) is 0 Å². The van der Waals surface area contributed by atoms with Crippen LogP contribution in [0.15, 0.2) is 24.3 Å². The molecule has 2 fully saturated rings. The zero-order valence-electron chi connectivity index (χ0n) is 10.8. The van der Waals surface area contributed by atoms with Crippen molar-refractivity contribution >= 4 is 28.5 Å². The lowest BCUT2D eigenvalue weighted by atomic mass is 9.89. The van der Waals surface area contributed by atoms with Gasteiger partial charge in [0.2, 0.25) is 0 Å². The first-order valence-electron chi connectivity index (χ1n) is 6.94. The maximum absolute atomic E-state index is 12.7. The van der Waals surface area contributed by atoms with Crippen LogP contribution in [0.4, 0.5) is 0 Å². The second-order valence-electron chi connectivity index (χ2n) is 5.27. The molecule has 0 N–H and O–H groups in total. The van der Waals surface area contributed by atoms with Crippen molar-refractivity contribution < 1.29 is 9.53 Å². The zero-order chi connectivity index (χ0) is 13.2. The molecule has 1 saturated carbocycles. The van der Waals surface area contributed by atoms with Gasteiger partial charge in [0, 0.05) is 15.7 Å². The molecule has 3 nitrogen and oxygen atoms in total. The Bertz CT molecular complexity index is 475. The highest BCUT2D eigenvalue weighted by Gasteiger charge is 2.36. The minimum atomic E-state index is 0.165. The fourth-order valence-corrected chi connectivity index (χ4v) is 3.68. The summed E-state index contributed by atoms with van der Waals surface area (Å²) in [6, 6.07) is 8.13. The summed E-state index contributed by atoms with van der Waals surface area (Å²) in [7, 11) is 0. The molecule has 1 amide bonds. The van der Waals surface area contributed by atoms with Crippen LogP contribution in [0, 0.1) is 3.57 Å². The molecule has 2 atom stereocenters. The van der Waals surface area contributed by atoms with E-state index in [1.165, 1.54) is 12.8 Å². The van der Waals surface area contributed by atoms with Crippen LogP contribution in [0.5, 0.6) is 0 Å². The number of rotatable bonds is 1. The van der Waals surface area contributed by atoms with Crippen molar-refractivity contribution in [2.75, 3.05) is 13.2 Å². The van der Waals surface area contributed by atoms with Gasteiger partial charge in [-0.05, 0) is 53.6 Å². The lowest BCUT2D eigenvalue weighted by Crippen LogP contribution is -2.54. The molecule has 0 spiro atoms. The van der Waals surface area contributed by atoms with Crippen LogP contribution in [0.1, 0.15) is 36.0 Å². The van der Waals surface area contributed by atoms with Gasteiger partial charge < -0.3 is 9.64 Å². The summed E-state index contributed by atoms with van der Waals surface area (Å²) >= 11 is 2.25. The molecule has 0 radical (unpaired) electrons. The molecule has 1 heterocycles. The molecular formula is C15H18INO2. The molecule has 4 heteroatoms. The Morgan fingerprint density at radius 2 is 2.16 bits per heavy atom. The third-order valence-corrected chi connectivity index (χ3v) is 4.74. The number of fused-ring (bicyclic) bond motifs is 1. The Balaban J connectivity index is 1.82. The Labute approximate surface area is 127 Å². The predicted octanol–water partition coefficient (Wildman–Crippen LogP) is 3.07. The van der Waals surface area contributed by atoms with Gasteiger partial charge in [-0.1, -0.05) is 18.9 Å². The predicted molar refractivity (Wildman–Crippen MR) is 82.2 cm³/mol. The number of hydrogen-bond donors (Lipinski definition) is 0. The topological polar surface area (TPSA) is 29.5 Å². The average molecular weight is 371 g/mol. The minimum absolute atomic E-state index is 0.165. The number of carbonyl (C=O) groups excluding carboxylic acids is 1. The van der Waals surface area contributed by atoms with Gasteiger partial charge in [-0.2, -0.15) is 0 Å². The van der Waals surface area contributed by atoms with E-state index in [0.29, 0.717) is 6.61 Å². The van der Waals surface area contributed by atoms with E-state index in [-0.39, 0.29) is 18.1 Å². The summed E-state index contributed by atoms with van der Waals surface area (Å²) in [5.74, 6) is 0.165. The Kier molecular flexibility index (Phi) is 4.07. The highest BCUT2D eigenvalue weighted by molar-refractivity contribution is 14.1. The van der Waals surface area contributed by atoms with Gasteiger partial charge in [0.05, 0.1) is 18.8 Å². The van der Waals surface area contributed by atoms with Gasteiger partial charge in [0.25, 0.3) is 5.91 Å². The second kappa shape index (κ2) is 5.79. The van der Waals surface area contributed by atoms with Crippen molar-refractivity contribution in [1.29, 1.82) is 0 Å². The molecule has 1 aliphatic heterocycles. The third kappa shape index (κ3) is 2.79. The molecule has 1 aromatic carbocycles. The summed E-state index contributed by atoms with van der Waals surface area (Å²) in [6.07, 6.45) is 4.88. The molecule has 0 bridgehead atoms. The van der Waals surface area contributed by atoms with Gasteiger partial charge in [0.15, 0.2) is 0 Å². The smallest absolute Gasteiger partial charge is 0.254 e. The number of nitrogens with zero attached hydrogens (tertiary/aromatic N) is 1. The highest BCUT2D eigenvalue weighted by atomic mass is 127. The SMILES string of the molecule is O=C(c1cccc(I)c1)N1CCO[C@@H]2CCCC[C@@H]21. The number of hydrogen-bond acceptors (Lipinski definition) is 2. The van der Waals surface area contributed by atoms with E-state index >= 15 is 0 Å². The van der Waals surface area contributed by atoms with E-state index < -0.39 is 0 Å². The van der Waals surface area contributed by atoms with E-state index in [1.54, 1.807) is 0 Å². The molecular weight excluding hydrogens is 353 g/mol. The van der Waals surface area contributed by atoms with Crippen LogP contribution in [-0.4, -0.2) is 36.1 Å². The van der Waals surface area contributed by atoms with Crippen molar-refractivity contribution in [2.24, 2.45) is 0 Å². The summed E-state index contributed by atoms with van der Waals surface area (Å²) in [5.41, 5.74) is 0.804. The Hall–Kier alpha value is -0.620. The maximum Gasteiger partial charge on any atom is 0.254 e. The minimum Gasteiger partial charge on any atom is -0.374 e. The highest BCUT2D eigenvalue weighted by Crippen LogP contribution is 2.29. The van der Waals surface area contributed by atoms with Gasteiger partial charge >= 0.3 is 0 Å². The van der Waals surface area contributed by atoms with Crippen molar-refractivity contribution in [3.05, 3.63) is 33.4 Å². The number of carbonyl (C=O) groups is 1. The lowest BCUT2D eigenvalue weighted by Gasteiger charge is -2.43. The lowest BCUT2D eigenvalue weighted by molar-refractivity contribution is -0.0752. The first kappa shape index (κ1) is 13.4. The first-order valence-corrected chi connectivity index (χ1v) is 8.02. The van der Waals surface area contributed by atoms with Crippen molar-refractivity contribution in [1.82, 2.24) is 4.90 Å². The molecule has 0 aromatic heterocycles. The largest absolute Gasteiger partial charge is 0.374 e. The summed E-state index contributed by atoms with van der Waals surface area (Å²) in [5, 5.41) is 0. The van der Waals surface area contributed by atoms with Crippen LogP contribution < -0.4 is 0 Å². The van der Waals surface area contributed by atoms with Gasteiger partial charge in [-0.15, -0.1) is 0 Å². The fourth-order valence-electron chi connectivity index (χ4n) is 3.14. The zero-order valence-corrected chi connectivity index (χ0v) is 13.0. The number of amides is 1. The number of halogens is 1. The average Bonchev–Trinajstić information content (AvgIpc) is 2.46. The molecule has 1 aromatic rings. The molecule has 19 heavy (non-hydrogen) atoms. The number of benzene rings is 1. The summed E-state index contributed by atoms with van der Waals surface area (Å²) in [6.45, 7) is 1.41. The van der Waals surface area contributed by atoms with Crippen LogP contribution in [0.3, 0.4) is 0 Å². The van der Waals surface area contributed by atoms with E-state index in [1.807, 2.05) is 29.2 Å². The maximum atomic E-state index is 12.7. The molecule has 1 saturated heterocycles. The molecule has 2 aliphatic rings. The summed E-state index contributed by atoms with van der Waals surface area (Å²) in [4.78, 5) is 14.7. The fraction of sp³-hybridized carbons (Fsp3) is 0.533. The Morgan fingerprint density at radius 1 is 1.32 bits per heavy atom. The normalized spacial score (nSPS) is 26.9.